The molecule has 0 atom stereocenters. The van der Waals surface area contributed by atoms with Gasteiger partial charge >= 0.3 is 0 Å². The Morgan fingerprint density at radius 2 is 2.22 bits per heavy atom. The van der Waals surface area contributed by atoms with E-state index in [1.54, 1.807) is 0 Å². The lowest BCUT2D eigenvalue weighted by Gasteiger charge is -2.17. The van der Waals surface area contributed by atoms with Gasteiger partial charge in [0.25, 0.3) is 0 Å². The van der Waals surface area contributed by atoms with Crippen molar-refractivity contribution in [2.75, 3.05) is 27.2 Å². The molecule has 1 heterocycles. The van der Waals surface area contributed by atoms with Crippen LogP contribution in [0.3, 0.4) is 0 Å². The summed E-state index contributed by atoms with van der Waals surface area (Å²) in [5, 5.41) is 2.95. The van der Waals surface area contributed by atoms with Gasteiger partial charge in [-0.2, -0.15) is 0 Å². The minimum atomic E-state index is -3.59. The lowest BCUT2D eigenvalue weighted by Crippen LogP contribution is -2.30. The van der Waals surface area contributed by atoms with Gasteiger partial charge in [0, 0.05) is 24.3 Å². The molecule has 0 saturated heterocycles. The molecule has 1 N–H and O–H groups in total. The number of nitrogens with zero attached hydrogens (tertiary/aromatic N) is 2. The van der Waals surface area contributed by atoms with Gasteiger partial charge < -0.3 is 5.32 Å². The Bertz CT molecular complexity index is 510. The summed E-state index contributed by atoms with van der Waals surface area (Å²) in [4.78, 5) is 3.84. The third kappa shape index (κ3) is 3.89. The van der Waals surface area contributed by atoms with Crippen LogP contribution < -0.4 is 5.32 Å². The van der Waals surface area contributed by atoms with Crippen molar-refractivity contribution < 1.29 is 8.42 Å². The highest BCUT2D eigenvalue weighted by Gasteiger charge is 2.24. The van der Waals surface area contributed by atoms with Crippen molar-refractivity contribution in [3.63, 3.8) is 0 Å². The molecule has 0 spiro atoms. The summed E-state index contributed by atoms with van der Waals surface area (Å²) < 4.78 is 26.4. The summed E-state index contributed by atoms with van der Waals surface area (Å²) in [7, 11) is -0.239. The van der Waals surface area contributed by atoms with Crippen molar-refractivity contribution in [1.29, 1.82) is 0 Å². The number of hydrogen-bond donors (Lipinski definition) is 1. The van der Waals surface area contributed by atoms with Gasteiger partial charge in [-0.3, -0.25) is 0 Å². The number of hydrogen-bond acceptors (Lipinski definition) is 4. The molecule has 18 heavy (non-hydrogen) atoms. The second-order valence-electron chi connectivity index (χ2n) is 3.73. The molecule has 0 radical (unpaired) electrons. The molecule has 0 aromatic carbocycles. The molecule has 0 amide bonds. The first-order chi connectivity index (χ1) is 8.39. The van der Waals surface area contributed by atoms with Gasteiger partial charge in [0.15, 0.2) is 0 Å². The van der Waals surface area contributed by atoms with Gasteiger partial charge in [0.2, 0.25) is 10.0 Å². The molecule has 0 unspecified atom stereocenters. The summed E-state index contributed by atoms with van der Waals surface area (Å²) in [5.74, 6) is 0. The maximum Gasteiger partial charge on any atom is 0.245 e. The first-order valence-electron chi connectivity index (χ1n) is 5.31. The largest absolute Gasteiger partial charge is 0.320 e. The second kappa shape index (κ2) is 6.81. The minimum absolute atomic E-state index is 0.0151. The van der Waals surface area contributed by atoms with E-state index >= 15 is 0 Å². The monoisotopic (exact) mass is 355 g/mol. The van der Waals surface area contributed by atoms with Crippen LogP contribution in [0.1, 0.15) is 6.42 Å². The third-order valence-electron chi connectivity index (χ3n) is 2.36. The molecule has 102 valence electrons. The lowest BCUT2D eigenvalue weighted by atomic mass is 10.4. The van der Waals surface area contributed by atoms with Crippen LogP contribution in [0.2, 0.25) is 5.15 Å². The number of aromatic nitrogens is 1. The van der Waals surface area contributed by atoms with Crippen LogP contribution in [-0.2, 0) is 10.0 Å². The number of rotatable bonds is 6. The standard InChI is InChI=1S/C10H15BrClN3O2S/c1-13-4-3-5-15(2)18(16,17)9-6-8(11)7-14-10(9)12/h6-7,13H,3-5H2,1-2H3. The molecular formula is C10H15BrClN3O2S. The van der Waals surface area contributed by atoms with Crippen molar-refractivity contribution in [1.82, 2.24) is 14.6 Å². The highest BCUT2D eigenvalue weighted by atomic mass is 79.9. The highest BCUT2D eigenvalue weighted by molar-refractivity contribution is 9.10. The van der Waals surface area contributed by atoms with Crippen LogP contribution in [0.4, 0.5) is 0 Å². The fourth-order valence-electron chi connectivity index (χ4n) is 1.35. The molecule has 1 rings (SSSR count). The van der Waals surface area contributed by atoms with Gasteiger partial charge in [-0.25, -0.2) is 17.7 Å². The molecule has 5 nitrogen and oxygen atoms in total. The number of nitrogens with one attached hydrogen (secondary N) is 1. The molecule has 0 aliphatic heterocycles. The predicted octanol–water partition coefficient (Wildman–Crippen LogP) is 1.73. The van der Waals surface area contributed by atoms with Crippen molar-refractivity contribution in [2.24, 2.45) is 0 Å². The van der Waals surface area contributed by atoms with Crippen molar-refractivity contribution in [2.45, 2.75) is 11.3 Å². The van der Waals surface area contributed by atoms with Crippen LogP contribution >= 0.6 is 27.5 Å². The molecule has 0 bridgehead atoms. The van der Waals surface area contributed by atoms with Crippen molar-refractivity contribution in [3.05, 3.63) is 21.9 Å². The van der Waals surface area contributed by atoms with E-state index in [4.69, 9.17) is 11.6 Å². The summed E-state index contributed by atoms with van der Waals surface area (Å²) in [6.07, 6.45) is 2.19. The molecule has 0 aliphatic rings. The van der Waals surface area contributed by atoms with Crippen LogP contribution in [0, 0.1) is 0 Å². The fraction of sp³-hybridized carbons (Fsp3) is 0.500. The molecule has 0 aliphatic carbocycles. The number of sulfonamides is 1. The first kappa shape index (κ1) is 15.8. The quantitative estimate of drug-likeness (QED) is 0.623. The third-order valence-corrected chi connectivity index (χ3v) is 5.08. The average Bonchev–Trinajstić information content (AvgIpc) is 2.32. The first-order valence-corrected chi connectivity index (χ1v) is 7.92. The topological polar surface area (TPSA) is 62.3 Å². The van der Waals surface area contributed by atoms with E-state index in [-0.39, 0.29) is 10.0 Å². The van der Waals surface area contributed by atoms with E-state index < -0.39 is 10.0 Å². The average molecular weight is 357 g/mol. The zero-order valence-corrected chi connectivity index (χ0v) is 13.3. The summed E-state index contributed by atoms with van der Waals surface area (Å²) >= 11 is 9.02. The second-order valence-corrected chi connectivity index (χ2v) is 7.01. The summed E-state index contributed by atoms with van der Waals surface area (Å²) in [6.45, 7) is 1.18. The van der Waals surface area contributed by atoms with Crippen LogP contribution in [0.15, 0.2) is 21.6 Å². The Hall–Kier alpha value is -0.210. The minimum Gasteiger partial charge on any atom is -0.320 e. The molecular weight excluding hydrogens is 342 g/mol. The smallest absolute Gasteiger partial charge is 0.245 e. The van der Waals surface area contributed by atoms with Crippen LogP contribution in [0.25, 0.3) is 0 Å². The van der Waals surface area contributed by atoms with Crippen molar-refractivity contribution in [3.8, 4) is 0 Å². The normalized spacial score (nSPS) is 12.1. The molecule has 0 fully saturated rings. The van der Waals surface area contributed by atoms with Crippen LogP contribution in [0.5, 0.6) is 0 Å². The lowest BCUT2D eigenvalue weighted by molar-refractivity contribution is 0.458. The highest BCUT2D eigenvalue weighted by Crippen LogP contribution is 2.25. The maximum atomic E-state index is 12.3. The molecule has 0 saturated carbocycles. The zero-order chi connectivity index (χ0) is 13.8. The summed E-state index contributed by atoms with van der Waals surface area (Å²) in [5.41, 5.74) is 0. The van der Waals surface area contributed by atoms with E-state index in [1.807, 2.05) is 7.05 Å². The zero-order valence-electron chi connectivity index (χ0n) is 10.2. The Balaban J connectivity index is 2.95. The van der Waals surface area contributed by atoms with Crippen LogP contribution in [-0.4, -0.2) is 44.9 Å². The van der Waals surface area contributed by atoms with E-state index in [9.17, 15) is 8.42 Å². The number of halogens is 2. The fourth-order valence-corrected chi connectivity index (χ4v) is 3.48. The van der Waals surface area contributed by atoms with Gasteiger partial charge in [0.05, 0.1) is 0 Å². The van der Waals surface area contributed by atoms with Gasteiger partial charge in [-0.15, -0.1) is 0 Å². The van der Waals surface area contributed by atoms with E-state index in [2.05, 4.69) is 26.2 Å². The Kier molecular flexibility index (Phi) is 6.00. The SMILES string of the molecule is CNCCCN(C)S(=O)(=O)c1cc(Br)cnc1Cl. The van der Waals surface area contributed by atoms with Gasteiger partial charge in [-0.05, 0) is 42.0 Å². The van der Waals surface area contributed by atoms with Gasteiger partial charge in [0.1, 0.15) is 10.0 Å². The van der Waals surface area contributed by atoms with E-state index in [0.29, 0.717) is 11.0 Å². The van der Waals surface area contributed by atoms with Gasteiger partial charge in [-0.1, -0.05) is 11.6 Å². The van der Waals surface area contributed by atoms with E-state index in [1.165, 1.54) is 23.6 Å². The Morgan fingerprint density at radius 1 is 1.56 bits per heavy atom. The Morgan fingerprint density at radius 3 is 2.83 bits per heavy atom. The predicted molar refractivity (Wildman–Crippen MR) is 75.3 cm³/mol. The molecule has 8 heteroatoms. The maximum absolute atomic E-state index is 12.3. The van der Waals surface area contributed by atoms with Crippen molar-refractivity contribution >= 4 is 37.6 Å². The Labute approximate surface area is 121 Å². The molecule has 1 aromatic rings. The summed E-state index contributed by atoms with van der Waals surface area (Å²) in [6, 6.07) is 1.46. The number of pyridine rings is 1. The molecule has 1 aromatic heterocycles. The van der Waals surface area contributed by atoms with E-state index in [0.717, 1.165) is 13.0 Å².